The molecule has 0 aliphatic rings. The number of imidazole rings is 1. The lowest BCUT2D eigenvalue weighted by Crippen LogP contribution is -2.19. The highest BCUT2D eigenvalue weighted by Gasteiger charge is 2.10. The minimum Gasteiger partial charge on any atom is -0.496 e. The van der Waals surface area contributed by atoms with Gasteiger partial charge in [-0.25, -0.2) is 4.98 Å². The Bertz CT molecular complexity index is 577. The number of benzene rings is 1. The van der Waals surface area contributed by atoms with E-state index in [9.17, 15) is 0 Å². The van der Waals surface area contributed by atoms with Gasteiger partial charge in [-0.05, 0) is 44.5 Å². The highest BCUT2D eigenvalue weighted by Crippen LogP contribution is 2.24. The van der Waals surface area contributed by atoms with E-state index in [1.807, 2.05) is 19.3 Å². The molecule has 0 radical (unpaired) electrons. The van der Waals surface area contributed by atoms with Crippen molar-refractivity contribution < 1.29 is 4.74 Å². The fourth-order valence-electron chi connectivity index (χ4n) is 2.42. The van der Waals surface area contributed by atoms with Crippen LogP contribution in [-0.2, 0) is 6.54 Å². The fraction of sp³-hybridized carbons (Fsp3) is 0.471. The average Bonchev–Trinajstić information content (AvgIpc) is 2.90. The van der Waals surface area contributed by atoms with Crippen LogP contribution >= 0.6 is 0 Å². The standard InChI is InChI=1S/C17H25N3O/c1-5-8-18-13(2)15-6-7-17(21-4)16(11-15)12-20-10-9-19-14(20)3/h6-7,9-11,13,18H,5,8,12H2,1-4H3. The van der Waals surface area contributed by atoms with Crippen molar-refractivity contribution in [3.63, 3.8) is 0 Å². The molecule has 1 heterocycles. The van der Waals surface area contributed by atoms with Gasteiger partial charge >= 0.3 is 0 Å². The molecule has 1 aromatic heterocycles. The van der Waals surface area contributed by atoms with Gasteiger partial charge in [0.2, 0.25) is 0 Å². The Hall–Kier alpha value is -1.81. The zero-order valence-corrected chi connectivity index (χ0v) is 13.4. The summed E-state index contributed by atoms with van der Waals surface area (Å²) < 4.78 is 7.63. The smallest absolute Gasteiger partial charge is 0.123 e. The summed E-state index contributed by atoms with van der Waals surface area (Å²) >= 11 is 0. The third-order valence-corrected chi connectivity index (χ3v) is 3.77. The van der Waals surface area contributed by atoms with Gasteiger partial charge in [-0.2, -0.15) is 0 Å². The molecule has 4 heteroatoms. The topological polar surface area (TPSA) is 39.1 Å². The second-order valence-corrected chi connectivity index (χ2v) is 5.35. The van der Waals surface area contributed by atoms with Crippen molar-refractivity contribution in [2.24, 2.45) is 0 Å². The first-order valence-corrected chi connectivity index (χ1v) is 7.53. The van der Waals surface area contributed by atoms with Crippen molar-refractivity contribution in [2.75, 3.05) is 13.7 Å². The molecule has 1 aromatic carbocycles. The third kappa shape index (κ3) is 3.85. The van der Waals surface area contributed by atoms with Gasteiger partial charge in [-0.3, -0.25) is 0 Å². The van der Waals surface area contributed by atoms with Gasteiger partial charge in [0, 0.05) is 24.0 Å². The van der Waals surface area contributed by atoms with E-state index in [1.54, 1.807) is 7.11 Å². The maximum atomic E-state index is 5.50. The zero-order chi connectivity index (χ0) is 15.2. The zero-order valence-electron chi connectivity index (χ0n) is 13.4. The molecule has 0 bridgehead atoms. The van der Waals surface area contributed by atoms with E-state index in [4.69, 9.17) is 4.74 Å². The Morgan fingerprint density at radius 3 is 2.81 bits per heavy atom. The van der Waals surface area contributed by atoms with Crippen LogP contribution in [0.1, 0.15) is 43.3 Å². The van der Waals surface area contributed by atoms with Crippen molar-refractivity contribution >= 4 is 0 Å². The summed E-state index contributed by atoms with van der Waals surface area (Å²) in [6, 6.07) is 6.77. The lowest BCUT2D eigenvalue weighted by molar-refractivity contribution is 0.407. The summed E-state index contributed by atoms with van der Waals surface area (Å²) in [5.41, 5.74) is 2.47. The molecule has 0 saturated carbocycles. The van der Waals surface area contributed by atoms with Crippen LogP contribution in [0.3, 0.4) is 0 Å². The van der Waals surface area contributed by atoms with E-state index in [2.05, 4.69) is 46.9 Å². The van der Waals surface area contributed by atoms with Crippen LogP contribution < -0.4 is 10.1 Å². The first-order chi connectivity index (χ1) is 10.2. The highest BCUT2D eigenvalue weighted by molar-refractivity contribution is 5.38. The van der Waals surface area contributed by atoms with Crippen LogP contribution in [0.4, 0.5) is 0 Å². The number of ether oxygens (including phenoxy) is 1. The van der Waals surface area contributed by atoms with E-state index < -0.39 is 0 Å². The Labute approximate surface area is 127 Å². The van der Waals surface area contributed by atoms with Crippen LogP contribution in [0.5, 0.6) is 5.75 Å². The Morgan fingerprint density at radius 1 is 1.38 bits per heavy atom. The first-order valence-electron chi connectivity index (χ1n) is 7.53. The summed E-state index contributed by atoms with van der Waals surface area (Å²) in [6.45, 7) is 8.21. The van der Waals surface area contributed by atoms with Gasteiger partial charge in [0.25, 0.3) is 0 Å². The van der Waals surface area contributed by atoms with Crippen molar-refractivity contribution in [3.05, 3.63) is 47.5 Å². The van der Waals surface area contributed by atoms with Gasteiger partial charge < -0.3 is 14.6 Å². The fourth-order valence-corrected chi connectivity index (χ4v) is 2.42. The maximum absolute atomic E-state index is 5.50. The molecule has 0 spiro atoms. The van der Waals surface area contributed by atoms with E-state index >= 15 is 0 Å². The van der Waals surface area contributed by atoms with E-state index in [0.717, 1.165) is 31.1 Å². The molecule has 1 N–H and O–H groups in total. The first kappa shape index (κ1) is 15.6. The summed E-state index contributed by atoms with van der Waals surface area (Å²) in [7, 11) is 1.72. The monoisotopic (exact) mass is 287 g/mol. The second-order valence-electron chi connectivity index (χ2n) is 5.35. The number of nitrogens with zero attached hydrogens (tertiary/aromatic N) is 2. The number of hydrogen-bond acceptors (Lipinski definition) is 3. The number of methoxy groups -OCH3 is 1. The molecule has 1 atom stereocenters. The molecule has 0 aliphatic heterocycles. The van der Waals surface area contributed by atoms with Crippen LogP contribution in [0.25, 0.3) is 0 Å². The van der Waals surface area contributed by atoms with E-state index in [0.29, 0.717) is 6.04 Å². The molecule has 0 aliphatic carbocycles. The summed E-state index contributed by atoms with van der Waals surface area (Å²) in [5.74, 6) is 1.94. The molecule has 114 valence electrons. The lowest BCUT2D eigenvalue weighted by Gasteiger charge is -2.17. The third-order valence-electron chi connectivity index (χ3n) is 3.77. The van der Waals surface area contributed by atoms with Crippen molar-refractivity contribution in [1.29, 1.82) is 0 Å². The molecule has 4 nitrogen and oxygen atoms in total. The maximum Gasteiger partial charge on any atom is 0.123 e. The lowest BCUT2D eigenvalue weighted by atomic mass is 10.0. The molecular weight excluding hydrogens is 262 g/mol. The van der Waals surface area contributed by atoms with Crippen LogP contribution in [0.15, 0.2) is 30.6 Å². The molecule has 2 aromatic rings. The number of aryl methyl sites for hydroxylation is 1. The molecule has 0 fully saturated rings. The number of aromatic nitrogens is 2. The Kier molecular flexibility index (Phi) is 5.39. The van der Waals surface area contributed by atoms with Gasteiger partial charge in [0.1, 0.15) is 11.6 Å². The molecular formula is C17H25N3O. The number of rotatable bonds is 7. The van der Waals surface area contributed by atoms with Crippen LogP contribution in [-0.4, -0.2) is 23.2 Å². The summed E-state index contributed by atoms with van der Waals surface area (Å²) in [4.78, 5) is 4.28. The quantitative estimate of drug-likeness (QED) is 0.849. The Balaban J connectivity index is 2.23. The van der Waals surface area contributed by atoms with Gasteiger partial charge in [0.05, 0.1) is 13.7 Å². The van der Waals surface area contributed by atoms with Gasteiger partial charge in [-0.15, -0.1) is 0 Å². The van der Waals surface area contributed by atoms with Crippen molar-refractivity contribution in [2.45, 2.75) is 39.8 Å². The SMILES string of the molecule is CCCNC(C)c1ccc(OC)c(Cn2ccnc2C)c1. The summed E-state index contributed by atoms with van der Waals surface area (Å²) in [6.07, 6.45) is 4.97. The minimum absolute atomic E-state index is 0.346. The average molecular weight is 287 g/mol. The van der Waals surface area contributed by atoms with E-state index in [1.165, 1.54) is 11.1 Å². The number of nitrogens with one attached hydrogen (secondary N) is 1. The minimum atomic E-state index is 0.346. The molecule has 2 rings (SSSR count). The number of hydrogen-bond donors (Lipinski definition) is 1. The van der Waals surface area contributed by atoms with Crippen molar-refractivity contribution in [3.8, 4) is 5.75 Å². The summed E-state index contributed by atoms with van der Waals surface area (Å²) in [5, 5.41) is 3.52. The van der Waals surface area contributed by atoms with Gasteiger partial charge in [-0.1, -0.05) is 13.0 Å². The molecule has 21 heavy (non-hydrogen) atoms. The predicted octanol–water partition coefficient (Wildman–Crippen LogP) is 3.31. The predicted molar refractivity (Wildman–Crippen MR) is 85.8 cm³/mol. The molecule has 1 unspecified atom stereocenters. The van der Waals surface area contributed by atoms with Crippen molar-refractivity contribution in [1.82, 2.24) is 14.9 Å². The molecule has 0 saturated heterocycles. The molecule has 0 amide bonds. The van der Waals surface area contributed by atoms with E-state index in [-0.39, 0.29) is 0 Å². The normalized spacial score (nSPS) is 12.4. The van der Waals surface area contributed by atoms with Crippen LogP contribution in [0, 0.1) is 6.92 Å². The largest absolute Gasteiger partial charge is 0.496 e. The second kappa shape index (κ2) is 7.27. The highest BCUT2D eigenvalue weighted by atomic mass is 16.5. The Morgan fingerprint density at radius 2 is 2.19 bits per heavy atom. The van der Waals surface area contributed by atoms with Crippen LogP contribution in [0.2, 0.25) is 0 Å². The van der Waals surface area contributed by atoms with Gasteiger partial charge in [0.15, 0.2) is 0 Å².